The molecule has 0 saturated carbocycles. The van der Waals surface area contributed by atoms with E-state index in [0.717, 1.165) is 18.0 Å². The Hall–Kier alpha value is -2.77. The van der Waals surface area contributed by atoms with Crippen LogP contribution in [0, 0.1) is 0 Å². The lowest BCUT2D eigenvalue weighted by atomic mass is 10.1. The van der Waals surface area contributed by atoms with E-state index in [1.165, 1.54) is 4.90 Å². The number of nitrogens with zero attached hydrogens (tertiary/aromatic N) is 3. The molecule has 1 N–H and O–H groups in total. The minimum atomic E-state index is -0.636. The molecule has 8 heteroatoms. The first kappa shape index (κ1) is 14.2. The molecule has 2 heterocycles. The molecule has 0 unspecified atom stereocenters. The largest absolute Gasteiger partial charge is 0.490 e. The molecule has 116 valence electrons. The maximum absolute atomic E-state index is 12.5. The third-order valence-electron chi connectivity index (χ3n) is 3.52. The number of hydrogen-bond acceptors (Lipinski definition) is 6. The molecule has 8 nitrogen and oxygen atoms in total. The van der Waals surface area contributed by atoms with Crippen LogP contribution in [0.2, 0.25) is 0 Å². The fourth-order valence-corrected chi connectivity index (χ4v) is 2.33. The zero-order chi connectivity index (χ0) is 15.7. The first-order valence-corrected chi connectivity index (χ1v) is 6.83. The molecule has 0 spiro atoms. The summed E-state index contributed by atoms with van der Waals surface area (Å²) >= 11 is 0. The number of H-pyrrole nitrogens is 1. The van der Waals surface area contributed by atoms with E-state index >= 15 is 0 Å². The van der Waals surface area contributed by atoms with Crippen LogP contribution in [0.1, 0.15) is 16.2 Å². The molecule has 1 aliphatic rings. The zero-order valence-electron chi connectivity index (χ0n) is 12.3. The quantitative estimate of drug-likeness (QED) is 0.886. The highest BCUT2D eigenvalue weighted by Gasteiger charge is 2.19. The number of nitrogens with one attached hydrogen (secondary N) is 1. The van der Waals surface area contributed by atoms with Crippen molar-refractivity contribution in [3.63, 3.8) is 0 Å². The number of carbonyl (C=O) groups is 1. The zero-order valence-corrected chi connectivity index (χ0v) is 12.3. The van der Waals surface area contributed by atoms with Gasteiger partial charge in [0.1, 0.15) is 12.4 Å². The Kier molecular flexibility index (Phi) is 3.58. The van der Waals surface area contributed by atoms with Gasteiger partial charge in [-0.05, 0) is 18.2 Å². The van der Waals surface area contributed by atoms with Gasteiger partial charge < -0.3 is 14.5 Å². The van der Waals surface area contributed by atoms with Crippen molar-refractivity contribution in [3.05, 3.63) is 40.1 Å². The number of rotatable bonds is 3. The summed E-state index contributed by atoms with van der Waals surface area (Å²) in [6.07, 6.45) is 0. The van der Waals surface area contributed by atoms with Gasteiger partial charge in [-0.15, -0.1) is 0 Å². The number of aromatic amines is 1. The summed E-state index contributed by atoms with van der Waals surface area (Å²) in [6.45, 7) is 1.57. The van der Waals surface area contributed by atoms with Gasteiger partial charge in [0.25, 0.3) is 5.91 Å². The van der Waals surface area contributed by atoms with Crippen molar-refractivity contribution in [1.29, 1.82) is 0 Å². The molecule has 1 aromatic heterocycles. The third-order valence-corrected chi connectivity index (χ3v) is 3.52. The highest BCUT2D eigenvalue weighted by molar-refractivity contribution is 5.95. The second kappa shape index (κ2) is 5.55. The number of amides is 1. The van der Waals surface area contributed by atoms with Crippen LogP contribution in [0.15, 0.2) is 27.5 Å². The predicted molar refractivity (Wildman–Crippen MR) is 78.1 cm³/mol. The number of ether oxygens (including phenoxy) is 1. The van der Waals surface area contributed by atoms with E-state index in [0.29, 0.717) is 18.0 Å². The topological polar surface area (TPSA) is 91.7 Å². The van der Waals surface area contributed by atoms with E-state index in [1.807, 2.05) is 11.9 Å². The normalized spacial score (nSPS) is 13.5. The van der Waals surface area contributed by atoms with E-state index in [4.69, 9.17) is 4.74 Å². The highest BCUT2D eigenvalue weighted by atomic mass is 16.5. The van der Waals surface area contributed by atoms with Gasteiger partial charge in [0, 0.05) is 19.7 Å². The molecule has 0 fully saturated rings. The fraction of sp³-hybridized carbons (Fsp3) is 0.357. The average molecular weight is 304 g/mol. The lowest BCUT2D eigenvalue weighted by Gasteiger charge is -2.28. The standard InChI is InChI=1S/C14H16N4O4/c1-17-5-6-21-11-4-3-9(7-10(11)17)13(19)18(2)8-12-15-14(20)22-16-12/h3-4,7H,5-6,8H2,1-2H3,(H,15,16,20). The molecule has 0 radical (unpaired) electrons. The Morgan fingerprint density at radius 3 is 3.05 bits per heavy atom. The Bertz CT molecular complexity index is 751. The van der Waals surface area contributed by atoms with E-state index in [2.05, 4.69) is 14.7 Å². The molecule has 3 rings (SSSR count). The molecule has 1 aromatic carbocycles. The molecule has 0 aliphatic carbocycles. The molecule has 0 atom stereocenters. The third kappa shape index (κ3) is 2.67. The van der Waals surface area contributed by atoms with E-state index in [9.17, 15) is 9.59 Å². The average Bonchev–Trinajstić information content (AvgIpc) is 2.91. The monoisotopic (exact) mass is 304 g/mol. The minimum absolute atomic E-state index is 0.161. The molecule has 22 heavy (non-hydrogen) atoms. The van der Waals surface area contributed by atoms with Gasteiger partial charge in [-0.2, -0.15) is 0 Å². The summed E-state index contributed by atoms with van der Waals surface area (Å²) in [6, 6.07) is 5.32. The predicted octanol–water partition coefficient (Wildman–Crippen LogP) is 0.464. The Morgan fingerprint density at radius 2 is 2.32 bits per heavy atom. The van der Waals surface area contributed by atoms with Crippen LogP contribution in [0.4, 0.5) is 5.69 Å². The number of aromatic nitrogens is 2. The van der Waals surface area contributed by atoms with E-state index in [-0.39, 0.29) is 12.5 Å². The van der Waals surface area contributed by atoms with E-state index < -0.39 is 5.76 Å². The van der Waals surface area contributed by atoms with Gasteiger partial charge in [-0.3, -0.25) is 14.3 Å². The smallest absolute Gasteiger partial charge is 0.438 e. The summed E-state index contributed by atoms with van der Waals surface area (Å²) < 4.78 is 9.98. The maximum Gasteiger partial charge on any atom is 0.438 e. The van der Waals surface area contributed by atoms with Crippen molar-refractivity contribution in [2.24, 2.45) is 0 Å². The van der Waals surface area contributed by atoms with Crippen molar-refractivity contribution in [2.75, 3.05) is 32.1 Å². The van der Waals surface area contributed by atoms with Gasteiger partial charge in [0.15, 0.2) is 5.82 Å². The second-order valence-corrected chi connectivity index (χ2v) is 5.16. The summed E-state index contributed by atoms with van der Waals surface area (Å²) in [5.74, 6) is 0.266. The Labute approximate surface area is 126 Å². The first-order chi connectivity index (χ1) is 10.5. The molecule has 1 aliphatic heterocycles. The summed E-state index contributed by atoms with van der Waals surface area (Å²) in [4.78, 5) is 29.3. The van der Waals surface area contributed by atoms with Gasteiger partial charge in [0.2, 0.25) is 0 Å². The summed E-state index contributed by atoms with van der Waals surface area (Å²) in [7, 11) is 3.59. The molecule has 1 amide bonds. The first-order valence-electron chi connectivity index (χ1n) is 6.83. The SMILES string of the molecule is CN(Cc1noc(=O)[nH]1)C(=O)c1ccc2c(c1)N(C)CCO2. The lowest BCUT2D eigenvalue weighted by Crippen LogP contribution is -2.30. The maximum atomic E-state index is 12.5. The van der Waals surface area contributed by atoms with Crippen LogP contribution < -0.4 is 15.4 Å². The molecule has 0 saturated heterocycles. The fourth-order valence-electron chi connectivity index (χ4n) is 2.33. The van der Waals surface area contributed by atoms with Gasteiger partial charge >= 0.3 is 5.76 Å². The molecular formula is C14H16N4O4. The van der Waals surface area contributed by atoms with Crippen molar-refractivity contribution in [1.82, 2.24) is 15.0 Å². The Morgan fingerprint density at radius 1 is 1.50 bits per heavy atom. The highest BCUT2D eigenvalue weighted by Crippen LogP contribution is 2.31. The van der Waals surface area contributed by atoms with E-state index in [1.54, 1.807) is 25.2 Å². The minimum Gasteiger partial charge on any atom is -0.490 e. The number of anilines is 1. The van der Waals surface area contributed by atoms with Crippen molar-refractivity contribution in [2.45, 2.75) is 6.54 Å². The lowest BCUT2D eigenvalue weighted by molar-refractivity contribution is 0.0780. The van der Waals surface area contributed by atoms with Crippen LogP contribution in [-0.4, -0.2) is 48.2 Å². The van der Waals surface area contributed by atoms with Crippen LogP contribution >= 0.6 is 0 Å². The molecule has 2 aromatic rings. The molecule has 0 bridgehead atoms. The van der Waals surface area contributed by atoms with Crippen LogP contribution in [0.3, 0.4) is 0 Å². The molecular weight excluding hydrogens is 288 g/mol. The van der Waals surface area contributed by atoms with Gasteiger partial charge in [-0.1, -0.05) is 5.16 Å². The number of fused-ring (bicyclic) bond motifs is 1. The summed E-state index contributed by atoms with van der Waals surface area (Å²) in [5.41, 5.74) is 1.43. The number of benzene rings is 1. The van der Waals surface area contributed by atoms with Crippen molar-refractivity contribution < 1.29 is 14.1 Å². The van der Waals surface area contributed by atoms with Gasteiger partial charge in [0.05, 0.1) is 18.8 Å². The van der Waals surface area contributed by atoms with Gasteiger partial charge in [-0.25, -0.2) is 4.79 Å². The Balaban J connectivity index is 1.79. The number of likely N-dealkylation sites (N-methyl/N-ethyl adjacent to an activating group) is 1. The number of hydrogen-bond donors (Lipinski definition) is 1. The van der Waals surface area contributed by atoms with Crippen LogP contribution in [0.5, 0.6) is 5.75 Å². The van der Waals surface area contributed by atoms with Crippen LogP contribution in [0.25, 0.3) is 0 Å². The van der Waals surface area contributed by atoms with Crippen LogP contribution in [-0.2, 0) is 6.54 Å². The second-order valence-electron chi connectivity index (χ2n) is 5.16. The number of carbonyl (C=O) groups excluding carboxylic acids is 1. The van der Waals surface area contributed by atoms with Crippen molar-refractivity contribution >= 4 is 11.6 Å². The summed E-state index contributed by atoms with van der Waals surface area (Å²) in [5, 5.41) is 3.55. The van der Waals surface area contributed by atoms with Crippen molar-refractivity contribution in [3.8, 4) is 5.75 Å².